The summed E-state index contributed by atoms with van der Waals surface area (Å²) in [4.78, 5) is 14.1. The molecule has 0 aromatic heterocycles. The number of carbonyl (C=O) groups is 1. The maximum atomic E-state index is 12.0. The molecule has 17 heavy (non-hydrogen) atoms. The van der Waals surface area contributed by atoms with Crippen molar-refractivity contribution in [3.63, 3.8) is 0 Å². The highest BCUT2D eigenvalue weighted by atomic mass is 35.5. The van der Waals surface area contributed by atoms with E-state index in [4.69, 9.17) is 11.6 Å². The van der Waals surface area contributed by atoms with Crippen molar-refractivity contribution >= 4 is 17.4 Å². The summed E-state index contributed by atoms with van der Waals surface area (Å²) in [7, 11) is 2.01. The highest BCUT2D eigenvalue weighted by Gasteiger charge is 2.33. The second-order valence-electron chi connectivity index (χ2n) is 5.10. The molecule has 2 unspecified atom stereocenters. The number of hydrogen-bond donors (Lipinski definition) is 0. The molecule has 92 valence electrons. The molecule has 0 spiro atoms. The summed E-state index contributed by atoms with van der Waals surface area (Å²) in [6.45, 7) is 3.78. The summed E-state index contributed by atoms with van der Waals surface area (Å²) in [5.74, 6) is 1.79. The van der Waals surface area contributed by atoms with Crippen LogP contribution in [0.15, 0.2) is 24.3 Å². The Morgan fingerprint density at radius 2 is 2.00 bits per heavy atom. The maximum absolute atomic E-state index is 12.0. The lowest BCUT2D eigenvalue weighted by Crippen LogP contribution is -2.28. The second kappa shape index (κ2) is 5.19. The number of hydrogen-bond acceptors (Lipinski definition) is 2. The lowest BCUT2D eigenvalue weighted by molar-refractivity contribution is 0.0943. The summed E-state index contributed by atoms with van der Waals surface area (Å²) >= 11 is 5.79. The molecule has 1 saturated carbocycles. The van der Waals surface area contributed by atoms with Gasteiger partial charge < -0.3 is 0 Å². The van der Waals surface area contributed by atoms with Gasteiger partial charge >= 0.3 is 0 Å². The molecule has 0 bridgehead atoms. The number of ketones is 1. The third-order valence-electron chi connectivity index (χ3n) is 3.40. The lowest BCUT2D eigenvalue weighted by Gasteiger charge is -2.15. The summed E-state index contributed by atoms with van der Waals surface area (Å²) < 4.78 is 0. The van der Waals surface area contributed by atoms with Crippen molar-refractivity contribution in [2.75, 3.05) is 20.1 Å². The summed E-state index contributed by atoms with van der Waals surface area (Å²) in [6, 6.07) is 7.10. The Morgan fingerprint density at radius 3 is 2.53 bits per heavy atom. The standard InChI is InChI=1S/C14H18ClNO/c1-10-7-12(10)8-16(2)9-14(17)11-3-5-13(15)6-4-11/h3-6,10,12H,7-9H2,1-2H3. The van der Waals surface area contributed by atoms with Gasteiger partial charge in [0.1, 0.15) is 0 Å². The molecule has 1 aromatic rings. The van der Waals surface area contributed by atoms with Gasteiger partial charge in [-0.3, -0.25) is 9.69 Å². The first kappa shape index (κ1) is 12.6. The van der Waals surface area contributed by atoms with Gasteiger partial charge in [-0.05, 0) is 49.6 Å². The molecule has 0 heterocycles. The van der Waals surface area contributed by atoms with E-state index in [1.54, 1.807) is 24.3 Å². The quantitative estimate of drug-likeness (QED) is 0.750. The van der Waals surface area contributed by atoms with Gasteiger partial charge in [-0.2, -0.15) is 0 Å². The fraction of sp³-hybridized carbons (Fsp3) is 0.500. The van der Waals surface area contributed by atoms with Crippen LogP contribution in [0.3, 0.4) is 0 Å². The van der Waals surface area contributed by atoms with Crippen molar-refractivity contribution in [2.45, 2.75) is 13.3 Å². The van der Waals surface area contributed by atoms with Crippen LogP contribution < -0.4 is 0 Å². The van der Waals surface area contributed by atoms with Gasteiger partial charge in [0.25, 0.3) is 0 Å². The van der Waals surface area contributed by atoms with Crippen LogP contribution in [-0.4, -0.2) is 30.8 Å². The van der Waals surface area contributed by atoms with Gasteiger partial charge in [0.2, 0.25) is 0 Å². The Morgan fingerprint density at radius 1 is 1.41 bits per heavy atom. The number of rotatable bonds is 5. The normalized spacial score (nSPS) is 22.8. The zero-order valence-electron chi connectivity index (χ0n) is 10.3. The van der Waals surface area contributed by atoms with E-state index in [0.717, 1.165) is 23.9 Å². The van der Waals surface area contributed by atoms with E-state index in [2.05, 4.69) is 11.8 Å². The van der Waals surface area contributed by atoms with Crippen LogP contribution in [0.25, 0.3) is 0 Å². The van der Waals surface area contributed by atoms with Crippen LogP contribution in [0.1, 0.15) is 23.7 Å². The van der Waals surface area contributed by atoms with E-state index in [1.807, 2.05) is 7.05 Å². The van der Waals surface area contributed by atoms with Crippen LogP contribution in [0.5, 0.6) is 0 Å². The Kier molecular flexibility index (Phi) is 3.85. The van der Waals surface area contributed by atoms with E-state index in [9.17, 15) is 4.79 Å². The Balaban J connectivity index is 1.85. The van der Waals surface area contributed by atoms with Crippen LogP contribution in [0.4, 0.5) is 0 Å². The molecule has 1 fully saturated rings. The number of Topliss-reactive ketones (excluding diaryl/α,β-unsaturated/α-hetero) is 1. The van der Waals surface area contributed by atoms with Crippen molar-refractivity contribution in [1.29, 1.82) is 0 Å². The Bertz CT molecular complexity index is 401. The lowest BCUT2D eigenvalue weighted by atomic mass is 10.1. The summed E-state index contributed by atoms with van der Waals surface area (Å²) in [5, 5.41) is 0.668. The van der Waals surface area contributed by atoms with Gasteiger partial charge in [0.05, 0.1) is 6.54 Å². The molecule has 3 heteroatoms. The molecule has 0 aliphatic heterocycles. The van der Waals surface area contributed by atoms with Gasteiger partial charge in [-0.1, -0.05) is 18.5 Å². The molecule has 1 aliphatic carbocycles. The van der Waals surface area contributed by atoms with Crippen molar-refractivity contribution in [2.24, 2.45) is 11.8 Å². The van der Waals surface area contributed by atoms with Gasteiger partial charge in [0.15, 0.2) is 5.78 Å². The topological polar surface area (TPSA) is 20.3 Å². The third kappa shape index (κ3) is 3.55. The molecule has 0 saturated heterocycles. The minimum Gasteiger partial charge on any atom is -0.299 e. The van der Waals surface area contributed by atoms with Crippen LogP contribution in [0.2, 0.25) is 5.02 Å². The van der Waals surface area contributed by atoms with Gasteiger partial charge in [-0.15, -0.1) is 0 Å². The maximum Gasteiger partial charge on any atom is 0.176 e. The predicted molar refractivity (Wildman–Crippen MR) is 70.6 cm³/mol. The zero-order valence-corrected chi connectivity index (χ0v) is 11.1. The molecule has 2 nitrogen and oxygen atoms in total. The third-order valence-corrected chi connectivity index (χ3v) is 3.65. The molecule has 2 rings (SSSR count). The fourth-order valence-corrected chi connectivity index (χ4v) is 2.22. The highest BCUT2D eigenvalue weighted by Crippen LogP contribution is 2.37. The zero-order chi connectivity index (χ0) is 12.4. The minimum absolute atomic E-state index is 0.164. The number of nitrogens with zero attached hydrogens (tertiary/aromatic N) is 1. The molecular formula is C14H18ClNO. The van der Waals surface area contributed by atoms with Gasteiger partial charge in [0, 0.05) is 17.1 Å². The number of benzene rings is 1. The van der Waals surface area contributed by atoms with Crippen LogP contribution >= 0.6 is 11.6 Å². The first-order chi connectivity index (χ1) is 8.06. The molecule has 0 N–H and O–H groups in total. The largest absolute Gasteiger partial charge is 0.299 e. The summed E-state index contributed by atoms with van der Waals surface area (Å²) in [6.07, 6.45) is 1.31. The van der Waals surface area contributed by atoms with Gasteiger partial charge in [-0.25, -0.2) is 0 Å². The predicted octanol–water partition coefficient (Wildman–Crippen LogP) is 3.11. The monoisotopic (exact) mass is 251 g/mol. The number of halogens is 1. The van der Waals surface area contributed by atoms with E-state index < -0.39 is 0 Å². The highest BCUT2D eigenvalue weighted by molar-refractivity contribution is 6.30. The van der Waals surface area contributed by atoms with Crippen LogP contribution in [0, 0.1) is 11.8 Å². The number of likely N-dealkylation sites (N-methyl/N-ethyl adjacent to an activating group) is 1. The molecular weight excluding hydrogens is 234 g/mol. The molecule has 1 aliphatic rings. The SMILES string of the molecule is CC1CC1CN(C)CC(=O)c1ccc(Cl)cc1. The van der Waals surface area contributed by atoms with Crippen molar-refractivity contribution in [1.82, 2.24) is 4.90 Å². The molecule has 0 amide bonds. The van der Waals surface area contributed by atoms with Crippen molar-refractivity contribution in [3.05, 3.63) is 34.9 Å². The number of carbonyl (C=O) groups excluding carboxylic acids is 1. The van der Waals surface area contributed by atoms with E-state index in [1.165, 1.54) is 6.42 Å². The minimum atomic E-state index is 0.164. The average molecular weight is 252 g/mol. The average Bonchev–Trinajstić information content (AvgIpc) is 2.94. The molecule has 1 aromatic carbocycles. The molecule has 2 atom stereocenters. The van der Waals surface area contributed by atoms with Crippen LogP contribution in [-0.2, 0) is 0 Å². The first-order valence-electron chi connectivity index (χ1n) is 6.03. The van der Waals surface area contributed by atoms with Crippen molar-refractivity contribution in [3.8, 4) is 0 Å². The Hall–Kier alpha value is -0.860. The second-order valence-corrected chi connectivity index (χ2v) is 5.54. The van der Waals surface area contributed by atoms with Crippen molar-refractivity contribution < 1.29 is 4.79 Å². The Labute approximate surface area is 108 Å². The summed E-state index contributed by atoms with van der Waals surface area (Å²) in [5.41, 5.74) is 0.741. The molecule has 0 radical (unpaired) electrons. The fourth-order valence-electron chi connectivity index (χ4n) is 2.09. The van der Waals surface area contributed by atoms with E-state index in [0.29, 0.717) is 11.6 Å². The van der Waals surface area contributed by atoms with E-state index in [-0.39, 0.29) is 5.78 Å². The smallest absolute Gasteiger partial charge is 0.176 e. The first-order valence-corrected chi connectivity index (χ1v) is 6.41. The van der Waals surface area contributed by atoms with E-state index >= 15 is 0 Å².